The molecule has 0 aromatic rings. The Morgan fingerprint density at radius 2 is 2.17 bits per heavy atom. The Balaban J connectivity index is 3.92. The fraction of sp³-hybridized carbons (Fsp3) is 0.667. The quantitative estimate of drug-likeness (QED) is 0.364. The summed E-state index contributed by atoms with van der Waals surface area (Å²) in [7, 11) is 1.90. The summed E-state index contributed by atoms with van der Waals surface area (Å²) in [5.74, 6) is -0.331. The molecule has 0 heterocycles. The van der Waals surface area contributed by atoms with Crippen LogP contribution >= 0.6 is 0 Å². The molecular weight excluding hydrogens is 154 g/mol. The number of hydrogen-bond acceptors (Lipinski definition) is 3. The maximum atomic E-state index is 11.0. The van der Waals surface area contributed by atoms with Gasteiger partial charge < -0.3 is 4.74 Å². The fourth-order valence-electron chi connectivity index (χ4n) is 0.603. The van der Waals surface area contributed by atoms with Crippen molar-refractivity contribution in [3.63, 3.8) is 0 Å². The Kier molecular flexibility index (Phi) is 4.59. The van der Waals surface area contributed by atoms with E-state index in [1.807, 2.05) is 25.8 Å². The Hall–Kier alpha value is -0.830. The second kappa shape index (κ2) is 4.93. The van der Waals surface area contributed by atoms with E-state index >= 15 is 0 Å². The average molecular weight is 171 g/mol. The molecule has 1 unspecified atom stereocenters. The second-order valence-electron chi connectivity index (χ2n) is 2.86. The molecule has 0 aromatic carbocycles. The van der Waals surface area contributed by atoms with E-state index in [9.17, 15) is 4.79 Å². The van der Waals surface area contributed by atoms with Crippen LogP contribution in [0.15, 0.2) is 12.2 Å². The van der Waals surface area contributed by atoms with Crippen LogP contribution in [-0.2, 0) is 9.53 Å². The van der Waals surface area contributed by atoms with Crippen LogP contribution in [-0.4, -0.2) is 30.7 Å². The zero-order valence-corrected chi connectivity index (χ0v) is 8.26. The normalized spacial score (nSPS) is 12.8. The van der Waals surface area contributed by atoms with Crippen molar-refractivity contribution < 1.29 is 9.53 Å². The summed E-state index contributed by atoms with van der Waals surface area (Å²) in [4.78, 5) is 13.0. The summed E-state index contributed by atoms with van der Waals surface area (Å²) in [6, 6.07) is 0. The minimum atomic E-state index is -0.331. The lowest BCUT2D eigenvalue weighted by molar-refractivity contribution is -0.151. The number of esters is 1. The number of carbonyl (C=O) groups is 1. The van der Waals surface area contributed by atoms with Crippen LogP contribution in [0.25, 0.3) is 0 Å². The molecule has 0 fully saturated rings. The van der Waals surface area contributed by atoms with Crippen molar-refractivity contribution >= 4 is 5.97 Å². The average Bonchev–Trinajstić information content (AvgIpc) is 2.02. The molecule has 0 saturated carbocycles. The van der Waals surface area contributed by atoms with E-state index in [2.05, 4.69) is 6.58 Å². The highest BCUT2D eigenvalue weighted by Crippen LogP contribution is 2.01. The lowest BCUT2D eigenvalue weighted by Crippen LogP contribution is -2.33. The highest BCUT2D eigenvalue weighted by atomic mass is 16.6. The number of nitrogens with zero attached hydrogens (tertiary/aromatic N) is 1. The molecule has 0 aliphatic rings. The van der Waals surface area contributed by atoms with Gasteiger partial charge in [-0.15, -0.1) is 0 Å². The second-order valence-corrected chi connectivity index (χ2v) is 2.86. The molecule has 70 valence electrons. The van der Waals surface area contributed by atoms with Crippen LogP contribution < -0.4 is 0 Å². The van der Waals surface area contributed by atoms with E-state index in [0.29, 0.717) is 5.57 Å². The molecule has 12 heavy (non-hydrogen) atoms. The van der Waals surface area contributed by atoms with E-state index in [-0.39, 0.29) is 12.2 Å². The van der Waals surface area contributed by atoms with Crippen LogP contribution in [0, 0.1) is 0 Å². The molecule has 3 nitrogen and oxygen atoms in total. The van der Waals surface area contributed by atoms with Gasteiger partial charge in [-0.1, -0.05) is 13.5 Å². The van der Waals surface area contributed by atoms with Gasteiger partial charge in [-0.3, -0.25) is 4.90 Å². The predicted molar refractivity (Wildman–Crippen MR) is 48.7 cm³/mol. The van der Waals surface area contributed by atoms with E-state index in [1.165, 1.54) is 0 Å². The topological polar surface area (TPSA) is 29.5 Å². The van der Waals surface area contributed by atoms with Crippen LogP contribution in [0.4, 0.5) is 0 Å². The highest BCUT2D eigenvalue weighted by molar-refractivity contribution is 5.87. The van der Waals surface area contributed by atoms with E-state index in [4.69, 9.17) is 4.74 Å². The Bertz CT molecular complexity index is 177. The van der Waals surface area contributed by atoms with Gasteiger partial charge in [0.2, 0.25) is 0 Å². The van der Waals surface area contributed by atoms with Crippen molar-refractivity contribution in [2.75, 3.05) is 13.6 Å². The minimum Gasteiger partial charge on any atom is -0.443 e. The molecule has 0 saturated heterocycles. The third-order valence-electron chi connectivity index (χ3n) is 1.75. The van der Waals surface area contributed by atoms with Crippen LogP contribution in [0.3, 0.4) is 0 Å². The maximum absolute atomic E-state index is 11.0. The number of rotatable bonds is 4. The first-order valence-corrected chi connectivity index (χ1v) is 4.05. The molecule has 1 atom stereocenters. The molecule has 0 aliphatic carbocycles. The molecule has 0 N–H and O–H groups in total. The molecule has 0 aliphatic heterocycles. The van der Waals surface area contributed by atoms with Gasteiger partial charge in [-0.25, -0.2) is 4.79 Å². The zero-order valence-electron chi connectivity index (χ0n) is 8.26. The van der Waals surface area contributed by atoms with E-state index < -0.39 is 0 Å². The SMILES string of the molecule is C=C(C)C(=O)OC(C)N(C)CC. The highest BCUT2D eigenvalue weighted by Gasteiger charge is 2.12. The van der Waals surface area contributed by atoms with E-state index in [1.54, 1.807) is 6.92 Å². The van der Waals surface area contributed by atoms with Crippen LogP contribution in [0.1, 0.15) is 20.8 Å². The molecule has 0 spiro atoms. The first-order chi connectivity index (χ1) is 5.49. The van der Waals surface area contributed by atoms with Crippen molar-refractivity contribution in [3.8, 4) is 0 Å². The first-order valence-electron chi connectivity index (χ1n) is 4.05. The maximum Gasteiger partial charge on any atom is 0.334 e. The van der Waals surface area contributed by atoms with Crippen LogP contribution in [0.5, 0.6) is 0 Å². The summed E-state index contributed by atoms with van der Waals surface area (Å²) in [5, 5.41) is 0. The molecule has 3 heteroatoms. The van der Waals surface area contributed by atoms with Gasteiger partial charge in [-0.2, -0.15) is 0 Å². The smallest absolute Gasteiger partial charge is 0.334 e. The molecular formula is C9H17NO2. The largest absolute Gasteiger partial charge is 0.443 e. The lowest BCUT2D eigenvalue weighted by atomic mass is 10.4. The first kappa shape index (κ1) is 11.2. The Labute approximate surface area is 74.0 Å². The van der Waals surface area contributed by atoms with Gasteiger partial charge in [0.15, 0.2) is 6.23 Å². The van der Waals surface area contributed by atoms with Gasteiger partial charge in [0, 0.05) is 5.57 Å². The predicted octanol–water partition coefficient (Wildman–Crippen LogP) is 1.40. The molecule has 0 rings (SSSR count). The Morgan fingerprint density at radius 3 is 2.50 bits per heavy atom. The Morgan fingerprint density at radius 1 is 1.67 bits per heavy atom. The molecule has 0 bridgehead atoms. The number of ether oxygens (including phenoxy) is 1. The summed E-state index contributed by atoms with van der Waals surface area (Å²) >= 11 is 0. The molecule has 0 amide bonds. The summed E-state index contributed by atoms with van der Waals surface area (Å²) in [6.07, 6.45) is -0.181. The van der Waals surface area contributed by atoms with Crippen LogP contribution in [0.2, 0.25) is 0 Å². The number of carbonyl (C=O) groups excluding carboxylic acids is 1. The number of hydrogen-bond donors (Lipinski definition) is 0. The van der Waals surface area contributed by atoms with Crippen molar-refractivity contribution in [1.82, 2.24) is 4.90 Å². The standard InChI is InChI=1S/C9H17NO2/c1-6-10(5)8(4)12-9(11)7(2)3/h8H,2,6H2,1,3-5H3. The zero-order chi connectivity index (χ0) is 9.72. The third-order valence-corrected chi connectivity index (χ3v) is 1.75. The van der Waals surface area contributed by atoms with Gasteiger partial charge >= 0.3 is 5.97 Å². The van der Waals surface area contributed by atoms with Gasteiger partial charge in [0.1, 0.15) is 0 Å². The van der Waals surface area contributed by atoms with Gasteiger partial charge in [-0.05, 0) is 27.4 Å². The lowest BCUT2D eigenvalue weighted by Gasteiger charge is -2.22. The third kappa shape index (κ3) is 3.53. The summed E-state index contributed by atoms with van der Waals surface area (Å²) < 4.78 is 5.05. The fourth-order valence-corrected chi connectivity index (χ4v) is 0.603. The van der Waals surface area contributed by atoms with E-state index in [0.717, 1.165) is 6.54 Å². The minimum absolute atomic E-state index is 0.181. The van der Waals surface area contributed by atoms with Crippen molar-refractivity contribution in [3.05, 3.63) is 12.2 Å². The van der Waals surface area contributed by atoms with Crippen molar-refractivity contribution in [1.29, 1.82) is 0 Å². The van der Waals surface area contributed by atoms with Crippen molar-refractivity contribution in [2.24, 2.45) is 0 Å². The molecule has 0 aromatic heterocycles. The van der Waals surface area contributed by atoms with Crippen molar-refractivity contribution in [2.45, 2.75) is 27.0 Å². The van der Waals surface area contributed by atoms with Gasteiger partial charge in [0.25, 0.3) is 0 Å². The summed E-state index contributed by atoms with van der Waals surface area (Å²) in [6.45, 7) is 9.83. The van der Waals surface area contributed by atoms with Gasteiger partial charge in [0.05, 0.1) is 0 Å². The summed E-state index contributed by atoms with van der Waals surface area (Å²) in [5.41, 5.74) is 0.436. The molecule has 0 radical (unpaired) electrons. The monoisotopic (exact) mass is 171 g/mol.